The van der Waals surface area contributed by atoms with Crippen molar-refractivity contribution in [3.05, 3.63) is 59.4 Å². The lowest BCUT2D eigenvalue weighted by atomic mass is 9.89. The Morgan fingerprint density at radius 2 is 1.86 bits per heavy atom. The SMILES string of the molecule is Cc1cc(F)ccc1NC(=O)c1ccccc1SCC(=O)NCC1CCCCC1. The Labute approximate surface area is 175 Å². The number of aryl methyl sites for hydroxylation is 1. The molecular formula is C23H27FN2O2S. The smallest absolute Gasteiger partial charge is 0.256 e. The van der Waals surface area contributed by atoms with Crippen LogP contribution in [0.2, 0.25) is 0 Å². The highest BCUT2D eigenvalue weighted by molar-refractivity contribution is 8.00. The molecule has 2 N–H and O–H groups in total. The van der Waals surface area contributed by atoms with E-state index < -0.39 is 0 Å². The molecule has 4 nitrogen and oxygen atoms in total. The van der Waals surface area contributed by atoms with E-state index in [0.717, 1.165) is 11.4 Å². The zero-order valence-corrected chi connectivity index (χ0v) is 17.5. The summed E-state index contributed by atoms with van der Waals surface area (Å²) in [6.07, 6.45) is 6.20. The van der Waals surface area contributed by atoms with Gasteiger partial charge in [-0.25, -0.2) is 4.39 Å². The summed E-state index contributed by atoms with van der Waals surface area (Å²) < 4.78 is 13.3. The summed E-state index contributed by atoms with van der Waals surface area (Å²) in [5.41, 5.74) is 1.73. The van der Waals surface area contributed by atoms with Gasteiger partial charge in [-0.15, -0.1) is 11.8 Å². The number of anilines is 1. The normalized spacial score (nSPS) is 14.4. The van der Waals surface area contributed by atoms with E-state index >= 15 is 0 Å². The number of carbonyl (C=O) groups is 2. The molecular weight excluding hydrogens is 387 g/mol. The molecule has 0 radical (unpaired) electrons. The highest BCUT2D eigenvalue weighted by atomic mass is 32.2. The van der Waals surface area contributed by atoms with Crippen molar-refractivity contribution in [2.75, 3.05) is 17.6 Å². The topological polar surface area (TPSA) is 58.2 Å². The lowest BCUT2D eigenvalue weighted by Gasteiger charge is -2.21. The molecule has 3 rings (SSSR count). The molecule has 1 aliphatic carbocycles. The monoisotopic (exact) mass is 414 g/mol. The van der Waals surface area contributed by atoms with E-state index in [2.05, 4.69) is 10.6 Å². The van der Waals surface area contributed by atoms with Crippen LogP contribution < -0.4 is 10.6 Å². The fraction of sp³-hybridized carbons (Fsp3) is 0.391. The fourth-order valence-corrected chi connectivity index (χ4v) is 4.46. The van der Waals surface area contributed by atoms with E-state index in [1.165, 1.54) is 56.0 Å². The number of hydrogen-bond donors (Lipinski definition) is 2. The molecule has 6 heteroatoms. The maximum Gasteiger partial charge on any atom is 0.256 e. The second-order valence-electron chi connectivity index (χ2n) is 7.51. The predicted octanol–water partition coefficient (Wildman–Crippen LogP) is 5.18. The lowest BCUT2D eigenvalue weighted by molar-refractivity contribution is -0.118. The van der Waals surface area contributed by atoms with Crippen LogP contribution in [-0.2, 0) is 4.79 Å². The highest BCUT2D eigenvalue weighted by Crippen LogP contribution is 2.25. The summed E-state index contributed by atoms with van der Waals surface area (Å²) in [6.45, 7) is 2.49. The van der Waals surface area contributed by atoms with Crippen molar-refractivity contribution in [3.8, 4) is 0 Å². The van der Waals surface area contributed by atoms with Gasteiger partial charge in [-0.1, -0.05) is 31.4 Å². The van der Waals surface area contributed by atoms with Crippen molar-refractivity contribution in [3.63, 3.8) is 0 Å². The highest BCUT2D eigenvalue weighted by Gasteiger charge is 2.16. The van der Waals surface area contributed by atoms with Crippen LogP contribution in [0.4, 0.5) is 10.1 Å². The molecule has 154 valence electrons. The van der Waals surface area contributed by atoms with Crippen LogP contribution in [0.25, 0.3) is 0 Å². The van der Waals surface area contributed by atoms with Crippen LogP contribution in [0, 0.1) is 18.7 Å². The molecule has 1 fully saturated rings. The maximum absolute atomic E-state index is 13.3. The largest absolute Gasteiger partial charge is 0.355 e. The molecule has 0 spiro atoms. The zero-order valence-electron chi connectivity index (χ0n) is 16.7. The second kappa shape index (κ2) is 10.4. The number of hydrogen-bond acceptors (Lipinski definition) is 3. The Balaban J connectivity index is 1.56. The number of halogens is 1. The number of amides is 2. The third kappa shape index (κ3) is 6.32. The quantitative estimate of drug-likeness (QED) is 0.614. The van der Waals surface area contributed by atoms with Crippen molar-refractivity contribution in [2.45, 2.75) is 43.9 Å². The molecule has 0 aromatic heterocycles. The van der Waals surface area contributed by atoms with Crippen molar-refractivity contribution in [1.82, 2.24) is 5.32 Å². The first-order chi connectivity index (χ1) is 14.0. The van der Waals surface area contributed by atoms with Crippen LogP contribution >= 0.6 is 11.8 Å². The van der Waals surface area contributed by atoms with Gasteiger partial charge in [0.05, 0.1) is 11.3 Å². The molecule has 0 bridgehead atoms. The molecule has 0 saturated heterocycles. The molecule has 0 aliphatic heterocycles. The zero-order chi connectivity index (χ0) is 20.6. The Morgan fingerprint density at radius 3 is 2.62 bits per heavy atom. The number of thioether (sulfide) groups is 1. The molecule has 0 heterocycles. The van der Waals surface area contributed by atoms with Crippen LogP contribution in [-0.4, -0.2) is 24.1 Å². The van der Waals surface area contributed by atoms with E-state index in [-0.39, 0.29) is 23.4 Å². The van der Waals surface area contributed by atoms with Crippen molar-refractivity contribution >= 4 is 29.3 Å². The summed E-state index contributed by atoms with van der Waals surface area (Å²) in [4.78, 5) is 25.7. The molecule has 29 heavy (non-hydrogen) atoms. The minimum atomic E-state index is -0.337. The number of benzene rings is 2. The van der Waals surface area contributed by atoms with Gasteiger partial charge in [0.1, 0.15) is 5.82 Å². The van der Waals surface area contributed by atoms with Gasteiger partial charge in [0.15, 0.2) is 0 Å². The van der Waals surface area contributed by atoms with E-state index in [9.17, 15) is 14.0 Å². The molecule has 1 aliphatic rings. The van der Waals surface area contributed by atoms with Gasteiger partial charge in [-0.3, -0.25) is 9.59 Å². The predicted molar refractivity (Wildman–Crippen MR) is 116 cm³/mol. The Hall–Kier alpha value is -2.34. The van der Waals surface area contributed by atoms with Crippen LogP contribution in [0.1, 0.15) is 48.0 Å². The van der Waals surface area contributed by atoms with Gasteiger partial charge < -0.3 is 10.6 Å². The summed E-state index contributed by atoms with van der Waals surface area (Å²) in [6, 6.07) is 11.5. The van der Waals surface area contributed by atoms with Crippen molar-refractivity contribution in [1.29, 1.82) is 0 Å². The number of nitrogens with one attached hydrogen (secondary N) is 2. The maximum atomic E-state index is 13.3. The Kier molecular flexibility index (Phi) is 7.69. The van der Waals surface area contributed by atoms with Crippen molar-refractivity contribution < 1.29 is 14.0 Å². The molecule has 2 amide bonds. The third-order valence-electron chi connectivity index (χ3n) is 5.24. The summed E-state index contributed by atoms with van der Waals surface area (Å²) in [5.74, 6) is 0.244. The molecule has 0 unspecified atom stereocenters. The lowest BCUT2D eigenvalue weighted by Crippen LogP contribution is -2.31. The molecule has 2 aromatic rings. The Morgan fingerprint density at radius 1 is 1.10 bits per heavy atom. The first-order valence-corrected chi connectivity index (χ1v) is 11.1. The van der Waals surface area contributed by atoms with E-state index in [0.29, 0.717) is 22.7 Å². The molecule has 1 saturated carbocycles. The van der Waals surface area contributed by atoms with Crippen LogP contribution in [0.5, 0.6) is 0 Å². The van der Waals surface area contributed by atoms with E-state index in [1.54, 1.807) is 25.1 Å². The summed E-state index contributed by atoms with van der Waals surface area (Å²) >= 11 is 1.35. The average Bonchev–Trinajstić information content (AvgIpc) is 2.73. The van der Waals surface area contributed by atoms with Crippen molar-refractivity contribution in [2.24, 2.45) is 5.92 Å². The summed E-state index contributed by atoms with van der Waals surface area (Å²) in [5, 5.41) is 5.86. The van der Waals surface area contributed by atoms with Gasteiger partial charge in [0.25, 0.3) is 5.91 Å². The van der Waals surface area contributed by atoms with Crippen LogP contribution in [0.15, 0.2) is 47.4 Å². The van der Waals surface area contributed by atoms with Gasteiger partial charge in [0, 0.05) is 17.1 Å². The third-order valence-corrected chi connectivity index (χ3v) is 6.31. The standard InChI is InChI=1S/C23H27FN2O2S/c1-16-13-18(24)11-12-20(16)26-23(28)19-9-5-6-10-21(19)29-15-22(27)25-14-17-7-3-2-4-8-17/h5-6,9-13,17H,2-4,7-8,14-15H2,1H3,(H,25,27)(H,26,28). The minimum Gasteiger partial charge on any atom is -0.355 e. The van der Waals surface area contributed by atoms with E-state index in [4.69, 9.17) is 0 Å². The fourth-order valence-electron chi connectivity index (χ4n) is 3.58. The first kappa shape index (κ1) is 21.4. The summed E-state index contributed by atoms with van der Waals surface area (Å²) in [7, 11) is 0. The molecule has 2 aromatic carbocycles. The Bertz CT molecular complexity index is 866. The minimum absolute atomic E-state index is 0.00911. The van der Waals surface area contributed by atoms with Gasteiger partial charge in [0.2, 0.25) is 5.91 Å². The van der Waals surface area contributed by atoms with Crippen LogP contribution in [0.3, 0.4) is 0 Å². The van der Waals surface area contributed by atoms with Gasteiger partial charge >= 0.3 is 0 Å². The molecule has 0 atom stereocenters. The van der Waals surface area contributed by atoms with Gasteiger partial charge in [-0.05, 0) is 61.6 Å². The second-order valence-corrected chi connectivity index (χ2v) is 8.52. The van der Waals surface area contributed by atoms with E-state index in [1.807, 2.05) is 12.1 Å². The van der Waals surface area contributed by atoms with Gasteiger partial charge in [-0.2, -0.15) is 0 Å². The number of rotatable bonds is 7. The average molecular weight is 415 g/mol. The first-order valence-electron chi connectivity index (χ1n) is 10.1. The number of carbonyl (C=O) groups excluding carboxylic acids is 2.